The molecular weight excluding hydrogens is 897 g/mol. The van der Waals surface area contributed by atoms with Crippen molar-refractivity contribution >= 4 is 44.9 Å². The van der Waals surface area contributed by atoms with Gasteiger partial charge in [-0.3, -0.25) is 39.9 Å². The molecule has 8 bridgehead atoms. The number of nitrogens with one attached hydrogen (secondary N) is 2. The minimum Gasteiger partial charge on any atom is -0.324 e. The minimum atomic E-state index is 0.305. The molecule has 72 heavy (non-hydrogen) atoms. The topological polar surface area (TPSA) is 212 Å². The molecule has 0 aliphatic carbocycles. The Labute approximate surface area is 409 Å². The first kappa shape index (κ1) is 41.7. The normalized spacial score (nSPS) is 12.3. The van der Waals surface area contributed by atoms with Crippen LogP contribution in [0.1, 0.15) is 46.1 Å². The molecule has 0 saturated heterocycles. The summed E-state index contributed by atoms with van der Waals surface area (Å²) >= 11 is 0. The Hall–Kier alpha value is -10.5. The van der Waals surface area contributed by atoms with Crippen LogP contribution in [0, 0.1) is 0 Å². The molecule has 2 aliphatic heterocycles. The van der Waals surface area contributed by atoms with Crippen LogP contribution in [-0.2, 0) is 0 Å². The predicted octanol–water partition coefficient (Wildman–Crippen LogP) is 9.74. The lowest BCUT2D eigenvalue weighted by atomic mass is 10.0. The average molecular weight is 931 g/mol. The van der Waals surface area contributed by atoms with Crippen molar-refractivity contribution in [3.8, 4) is 45.0 Å². The summed E-state index contributed by atoms with van der Waals surface area (Å²) in [5, 5.41) is 0. The average Bonchev–Trinajstić information content (AvgIpc) is 4.20. The van der Waals surface area contributed by atoms with Crippen LogP contribution in [0.2, 0.25) is 0 Å². The molecule has 338 valence electrons. The molecule has 0 fully saturated rings. The van der Waals surface area contributed by atoms with Gasteiger partial charge in [-0.15, -0.1) is 0 Å². The van der Waals surface area contributed by atoms with Crippen LogP contribution >= 0.6 is 0 Å². The standard InChI is InChI=1S/C56H34N16/c1-9-25-57-33(17-1)41-42(34-18-2-10-26-58-34)50-65-49(41)69-51-43(35-19-3-11-27-59-35)44(36-20-4-12-28-60-36)53(66-51)71-55-47(39-23-7-15-31-63-39)48(40-24-8-16-32-64-40)56(68-55)72-54-46(38-22-6-14-30-62-38)45(52(67-54)70-50)37-21-5-13-29-61-37/h1-32H,(H2,65,66,67,68,69,70,71,72). The van der Waals surface area contributed by atoms with Gasteiger partial charge in [-0.05, 0) is 97.1 Å². The number of hydrogen-bond acceptors (Lipinski definition) is 14. The van der Waals surface area contributed by atoms with Crippen molar-refractivity contribution in [3.63, 3.8) is 0 Å². The van der Waals surface area contributed by atoms with Gasteiger partial charge < -0.3 is 9.97 Å². The quantitative estimate of drug-likeness (QED) is 0.145. The van der Waals surface area contributed by atoms with Crippen LogP contribution in [0.5, 0.6) is 0 Å². The van der Waals surface area contributed by atoms with Crippen LogP contribution in [0.4, 0.5) is 0 Å². The summed E-state index contributed by atoms with van der Waals surface area (Å²) in [4.78, 5) is 78.9. The van der Waals surface area contributed by atoms with Crippen LogP contribution in [-0.4, -0.2) is 79.7 Å². The summed E-state index contributed by atoms with van der Waals surface area (Å²) in [6, 6.07) is 45.7. The fourth-order valence-corrected chi connectivity index (χ4v) is 8.96. The highest BCUT2D eigenvalue weighted by Gasteiger charge is 2.32. The lowest BCUT2D eigenvalue weighted by Crippen LogP contribution is -1.97. The largest absolute Gasteiger partial charge is 0.324 e. The van der Waals surface area contributed by atoms with Gasteiger partial charge in [0.15, 0.2) is 23.3 Å². The molecule has 11 aromatic rings. The lowest BCUT2D eigenvalue weighted by molar-refractivity contribution is 1.09. The molecule has 13 rings (SSSR count). The van der Waals surface area contributed by atoms with Crippen LogP contribution in [0.3, 0.4) is 0 Å². The number of aromatic nitrogens is 16. The third-order valence-corrected chi connectivity index (χ3v) is 12.0. The van der Waals surface area contributed by atoms with Gasteiger partial charge in [-0.25, -0.2) is 29.9 Å². The first-order valence-electron chi connectivity index (χ1n) is 22.8. The van der Waals surface area contributed by atoms with Crippen LogP contribution in [0.25, 0.3) is 89.9 Å². The van der Waals surface area contributed by atoms with E-state index in [1.165, 1.54) is 0 Å². The first-order chi connectivity index (χ1) is 35.7. The monoisotopic (exact) mass is 930 g/mol. The van der Waals surface area contributed by atoms with E-state index in [4.69, 9.17) is 69.8 Å². The van der Waals surface area contributed by atoms with Gasteiger partial charge >= 0.3 is 0 Å². The van der Waals surface area contributed by atoms with E-state index in [1.807, 2.05) is 146 Å². The van der Waals surface area contributed by atoms with E-state index in [2.05, 4.69) is 9.97 Å². The summed E-state index contributed by atoms with van der Waals surface area (Å²) in [7, 11) is 0. The summed E-state index contributed by atoms with van der Waals surface area (Å²) < 4.78 is 0. The number of hydrogen-bond donors (Lipinski definition) is 2. The molecule has 0 atom stereocenters. The molecule has 13 heterocycles. The van der Waals surface area contributed by atoms with Crippen molar-refractivity contribution in [3.05, 3.63) is 241 Å². The van der Waals surface area contributed by atoms with Crippen LogP contribution < -0.4 is 0 Å². The molecule has 2 aliphatic rings. The summed E-state index contributed by atoms with van der Waals surface area (Å²) in [5.41, 5.74) is 11.3. The molecule has 0 aromatic carbocycles. The van der Waals surface area contributed by atoms with Gasteiger partial charge in [-0.1, -0.05) is 48.5 Å². The Bertz CT molecular complexity index is 3520. The van der Waals surface area contributed by atoms with Crippen molar-refractivity contribution in [1.29, 1.82) is 0 Å². The third kappa shape index (κ3) is 7.44. The molecule has 0 unspecified atom stereocenters. The van der Waals surface area contributed by atoms with E-state index in [0.29, 0.717) is 136 Å². The molecule has 16 nitrogen and oxygen atoms in total. The number of fused-ring (bicyclic) bond motifs is 8. The Morgan fingerprint density at radius 2 is 0.403 bits per heavy atom. The fourth-order valence-electron chi connectivity index (χ4n) is 8.96. The Morgan fingerprint density at radius 3 is 0.583 bits per heavy atom. The molecule has 0 saturated carbocycles. The Morgan fingerprint density at radius 1 is 0.208 bits per heavy atom. The maximum atomic E-state index is 5.47. The molecule has 2 N–H and O–H groups in total. The number of rotatable bonds is 8. The summed E-state index contributed by atoms with van der Waals surface area (Å²) in [6.45, 7) is 0. The van der Waals surface area contributed by atoms with E-state index in [0.717, 1.165) is 0 Å². The van der Waals surface area contributed by atoms with E-state index < -0.39 is 0 Å². The smallest absolute Gasteiger partial charge is 0.167 e. The molecular formula is C56H34N16. The maximum Gasteiger partial charge on any atom is 0.167 e. The van der Waals surface area contributed by atoms with Crippen LogP contribution in [0.15, 0.2) is 195 Å². The Balaban J connectivity index is 1.29. The highest BCUT2D eigenvalue weighted by molar-refractivity contribution is 6.07. The number of aromatic amines is 2. The van der Waals surface area contributed by atoms with Crippen molar-refractivity contribution in [2.45, 2.75) is 0 Å². The van der Waals surface area contributed by atoms with Crippen molar-refractivity contribution in [2.24, 2.45) is 0 Å². The zero-order valence-electron chi connectivity index (χ0n) is 37.7. The number of pyridine rings is 8. The molecule has 0 amide bonds. The predicted molar refractivity (Wildman–Crippen MR) is 272 cm³/mol. The zero-order chi connectivity index (χ0) is 47.8. The molecule has 11 aromatic heterocycles. The molecule has 16 heteroatoms. The van der Waals surface area contributed by atoms with Crippen molar-refractivity contribution in [2.75, 3.05) is 0 Å². The van der Waals surface area contributed by atoms with Gasteiger partial charge in [0, 0.05) is 49.6 Å². The maximum absolute atomic E-state index is 5.47. The minimum absolute atomic E-state index is 0.305. The second-order valence-corrected chi connectivity index (χ2v) is 16.3. The summed E-state index contributed by atoms with van der Waals surface area (Å²) in [5.74, 6) is 1.22. The van der Waals surface area contributed by atoms with Crippen molar-refractivity contribution < 1.29 is 0 Å². The van der Waals surface area contributed by atoms with E-state index in [9.17, 15) is 0 Å². The fraction of sp³-hybridized carbons (Fsp3) is 0. The first-order valence-corrected chi connectivity index (χ1v) is 22.8. The van der Waals surface area contributed by atoms with E-state index in [1.54, 1.807) is 49.6 Å². The highest BCUT2D eigenvalue weighted by atomic mass is 15.1. The van der Waals surface area contributed by atoms with E-state index >= 15 is 0 Å². The molecule has 0 radical (unpaired) electrons. The van der Waals surface area contributed by atoms with E-state index in [-0.39, 0.29) is 0 Å². The van der Waals surface area contributed by atoms with Gasteiger partial charge in [0.05, 0.1) is 90.1 Å². The SMILES string of the molecule is c1ccc(C2=C(c3ccccn3)c3nc2nc2[nH]c(nc4nc(nc5[nH]c(n3)c(-c3ccccn3)c5-c3ccccn3)C(c3ccccn3)=C4c3ccccn3)c(-c3ccccn3)c2-c2ccccn2)nc1. The lowest BCUT2D eigenvalue weighted by Gasteiger charge is -2.07. The van der Waals surface area contributed by atoms with Crippen molar-refractivity contribution in [1.82, 2.24) is 79.7 Å². The Kier molecular flexibility index (Phi) is 10.3. The third-order valence-electron chi connectivity index (χ3n) is 12.0. The van der Waals surface area contributed by atoms with Gasteiger partial charge in [0.1, 0.15) is 22.6 Å². The van der Waals surface area contributed by atoms with Gasteiger partial charge in [0.25, 0.3) is 0 Å². The second-order valence-electron chi connectivity index (χ2n) is 16.3. The second kappa shape index (κ2) is 17.9. The highest BCUT2D eigenvalue weighted by Crippen LogP contribution is 2.43. The molecule has 0 spiro atoms. The summed E-state index contributed by atoms with van der Waals surface area (Å²) in [6.07, 6.45) is 13.9. The van der Waals surface area contributed by atoms with Gasteiger partial charge in [0.2, 0.25) is 0 Å². The number of nitrogens with zero attached hydrogens (tertiary/aromatic N) is 14. The van der Waals surface area contributed by atoms with Gasteiger partial charge in [-0.2, -0.15) is 0 Å². The zero-order valence-corrected chi connectivity index (χ0v) is 37.7. The number of H-pyrrole nitrogens is 2.